The van der Waals surface area contributed by atoms with E-state index in [1.54, 1.807) is 0 Å². The Balaban J connectivity index is 1.59. The van der Waals surface area contributed by atoms with Gasteiger partial charge < -0.3 is 15.5 Å². The molecule has 0 atom stereocenters. The fraction of sp³-hybridized carbons (Fsp3) is 0.550. The van der Waals surface area contributed by atoms with E-state index in [2.05, 4.69) is 34.4 Å². The van der Waals surface area contributed by atoms with Crippen molar-refractivity contribution in [3.8, 4) is 0 Å². The van der Waals surface area contributed by atoms with E-state index >= 15 is 0 Å². The number of hydrogen-bond acceptors (Lipinski definition) is 4. The first-order valence-electron chi connectivity index (χ1n) is 9.45. The number of pyridine rings is 1. The molecule has 0 aliphatic carbocycles. The molecular formula is C20H31ClN4. The summed E-state index contributed by atoms with van der Waals surface area (Å²) in [5.74, 6) is 0. The van der Waals surface area contributed by atoms with Gasteiger partial charge >= 0.3 is 0 Å². The van der Waals surface area contributed by atoms with Crippen molar-refractivity contribution in [1.29, 1.82) is 0 Å². The lowest BCUT2D eigenvalue weighted by Crippen LogP contribution is -2.27. The van der Waals surface area contributed by atoms with Crippen LogP contribution in [0.2, 0.25) is 5.02 Å². The number of benzene rings is 1. The minimum absolute atomic E-state index is 0.726. The average molecular weight is 363 g/mol. The normalized spacial score (nSPS) is 11.4. The smallest absolute Gasteiger partial charge is 0.0737 e. The number of unbranched alkanes of at least 4 members (excludes halogenated alkanes) is 1. The number of aromatic nitrogens is 1. The van der Waals surface area contributed by atoms with E-state index < -0.39 is 0 Å². The van der Waals surface area contributed by atoms with Crippen molar-refractivity contribution in [2.75, 3.05) is 44.6 Å². The maximum absolute atomic E-state index is 6.03. The molecule has 0 fully saturated rings. The van der Waals surface area contributed by atoms with Crippen LogP contribution in [0.3, 0.4) is 0 Å². The van der Waals surface area contributed by atoms with E-state index in [1.807, 2.05) is 30.5 Å². The standard InChI is InChI=1S/C20H31ClN4/c1-3-25(4-2)15-7-12-22-11-5-6-13-23-19-10-14-24-20-16-17(21)8-9-18(19)20/h8-10,14,16,22H,3-7,11-13,15H2,1-2H3,(H,23,24). The Labute approximate surface area is 157 Å². The second-order valence-electron chi connectivity index (χ2n) is 6.28. The summed E-state index contributed by atoms with van der Waals surface area (Å²) in [6.45, 7) is 11.1. The van der Waals surface area contributed by atoms with Gasteiger partial charge in [-0.1, -0.05) is 25.4 Å². The van der Waals surface area contributed by atoms with Gasteiger partial charge in [0.15, 0.2) is 0 Å². The molecular weight excluding hydrogens is 332 g/mol. The van der Waals surface area contributed by atoms with Gasteiger partial charge in [-0.15, -0.1) is 0 Å². The lowest BCUT2D eigenvalue weighted by Gasteiger charge is -2.17. The van der Waals surface area contributed by atoms with Gasteiger partial charge in [0.1, 0.15) is 0 Å². The average Bonchev–Trinajstić information content (AvgIpc) is 2.63. The molecule has 0 aliphatic heterocycles. The molecule has 1 heterocycles. The highest BCUT2D eigenvalue weighted by Crippen LogP contribution is 2.24. The molecule has 1 aromatic carbocycles. The SMILES string of the molecule is CCN(CC)CCCNCCCCNc1ccnc2cc(Cl)ccc12. The molecule has 0 radical (unpaired) electrons. The molecule has 0 saturated carbocycles. The van der Waals surface area contributed by atoms with Gasteiger partial charge in [0, 0.05) is 28.8 Å². The summed E-state index contributed by atoms with van der Waals surface area (Å²) in [6.07, 6.45) is 5.40. The number of anilines is 1. The van der Waals surface area contributed by atoms with E-state index in [9.17, 15) is 0 Å². The topological polar surface area (TPSA) is 40.2 Å². The Kier molecular flexibility index (Phi) is 9.02. The molecule has 0 spiro atoms. The van der Waals surface area contributed by atoms with Crippen LogP contribution in [0.4, 0.5) is 5.69 Å². The Bertz CT molecular complexity index is 628. The maximum atomic E-state index is 6.03. The van der Waals surface area contributed by atoms with Crippen LogP contribution >= 0.6 is 11.6 Å². The van der Waals surface area contributed by atoms with Crippen molar-refractivity contribution in [3.63, 3.8) is 0 Å². The Hall–Kier alpha value is -1.36. The van der Waals surface area contributed by atoms with Crippen molar-refractivity contribution >= 4 is 28.2 Å². The van der Waals surface area contributed by atoms with Crippen molar-refractivity contribution in [2.45, 2.75) is 33.1 Å². The van der Waals surface area contributed by atoms with Gasteiger partial charge in [-0.25, -0.2) is 0 Å². The lowest BCUT2D eigenvalue weighted by molar-refractivity contribution is 0.298. The van der Waals surface area contributed by atoms with E-state index in [4.69, 9.17) is 11.6 Å². The summed E-state index contributed by atoms with van der Waals surface area (Å²) in [7, 11) is 0. The van der Waals surface area contributed by atoms with Crippen LogP contribution in [-0.2, 0) is 0 Å². The lowest BCUT2D eigenvalue weighted by atomic mass is 10.2. The van der Waals surface area contributed by atoms with Crippen LogP contribution in [0, 0.1) is 0 Å². The first-order valence-corrected chi connectivity index (χ1v) is 9.83. The highest BCUT2D eigenvalue weighted by Gasteiger charge is 2.02. The quantitative estimate of drug-likeness (QED) is 0.549. The van der Waals surface area contributed by atoms with Gasteiger partial charge in [-0.3, -0.25) is 4.98 Å². The zero-order valence-corrected chi connectivity index (χ0v) is 16.3. The summed E-state index contributed by atoms with van der Waals surface area (Å²) in [5.41, 5.74) is 2.07. The molecule has 0 bridgehead atoms. The van der Waals surface area contributed by atoms with Gasteiger partial charge in [-0.2, -0.15) is 0 Å². The molecule has 0 unspecified atom stereocenters. The third-order valence-corrected chi connectivity index (χ3v) is 4.76. The third-order valence-electron chi connectivity index (χ3n) is 4.52. The number of hydrogen-bond donors (Lipinski definition) is 2. The van der Waals surface area contributed by atoms with Crippen LogP contribution < -0.4 is 10.6 Å². The zero-order valence-electron chi connectivity index (χ0n) is 15.5. The fourth-order valence-corrected chi connectivity index (χ4v) is 3.13. The van der Waals surface area contributed by atoms with Crippen molar-refractivity contribution in [3.05, 3.63) is 35.5 Å². The number of rotatable bonds is 12. The predicted molar refractivity (Wildman–Crippen MR) is 110 cm³/mol. The highest BCUT2D eigenvalue weighted by molar-refractivity contribution is 6.31. The molecule has 2 N–H and O–H groups in total. The summed E-state index contributed by atoms with van der Waals surface area (Å²) >= 11 is 6.03. The fourth-order valence-electron chi connectivity index (χ4n) is 2.97. The van der Waals surface area contributed by atoms with Crippen molar-refractivity contribution < 1.29 is 0 Å². The van der Waals surface area contributed by atoms with Gasteiger partial charge in [0.05, 0.1) is 5.52 Å². The van der Waals surface area contributed by atoms with E-state index in [0.717, 1.165) is 60.8 Å². The van der Waals surface area contributed by atoms with E-state index in [0.29, 0.717) is 0 Å². The Morgan fingerprint density at radius 1 is 1.00 bits per heavy atom. The van der Waals surface area contributed by atoms with Crippen LogP contribution in [0.25, 0.3) is 10.9 Å². The summed E-state index contributed by atoms with van der Waals surface area (Å²) in [4.78, 5) is 6.85. The van der Waals surface area contributed by atoms with Crippen LogP contribution in [-0.4, -0.2) is 49.2 Å². The second-order valence-corrected chi connectivity index (χ2v) is 6.72. The first-order chi connectivity index (χ1) is 12.2. The summed E-state index contributed by atoms with van der Waals surface area (Å²) in [5, 5.41) is 8.92. The largest absolute Gasteiger partial charge is 0.384 e. The van der Waals surface area contributed by atoms with Gasteiger partial charge in [0.2, 0.25) is 0 Å². The second kappa shape index (κ2) is 11.3. The number of fused-ring (bicyclic) bond motifs is 1. The number of halogens is 1. The zero-order chi connectivity index (χ0) is 17.9. The maximum Gasteiger partial charge on any atom is 0.0737 e. The highest BCUT2D eigenvalue weighted by atomic mass is 35.5. The predicted octanol–water partition coefficient (Wildman–Crippen LogP) is 4.40. The molecule has 2 aromatic rings. The molecule has 0 saturated heterocycles. The first kappa shape index (κ1) is 20.0. The molecule has 1 aromatic heterocycles. The molecule has 0 amide bonds. The Morgan fingerprint density at radius 3 is 2.56 bits per heavy atom. The van der Waals surface area contributed by atoms with Crippen LogP contribution in [0.1, 0.15) is 33.1 Å². The molecule has 138 valence electrons. The van der Waals surface area contributed by atoms with Crippen molar-refractivity contribution in [1.82, 2.24) is 15.2 Å². The third kappa shape index (κ3) is 6.81. The molecule has 2 rings (SSSR count). The monoisotopic (exact) mass is 362 g/mol. The van der Waals surface area contributed by atoms with Crippen LogP contribution in [0.5, 0.6) is 0 Å². The van der Waals surface area contributed by atoms with E-state index in [-0.39, 0.29) is 0 Å². The van der Waals surface area contributed by atoms with Crippen LogP contribution in [0.15, 0.2) is 30.5 Å². The molecule has 5 heteroatoms. The Morgan fingerprint density at radius 2 is 1.76 bits per heavy atom. The van der Waals surface area contributed by atoms with Crippen molar-refractivity contribution in [2.24, 2.45) is 0 Å². The minimum atomic E-state index is 0.726. The van der Waals surface area contributed by atoms with Gasteiger partial charge in [-0.05, 0) is 76.3 Å². The number of nitrogens with one attached hydrogen (secondary N) is 2. The molecule has 4 nitrogen and oxygen atoms in total. The number of nitrogens with zero attached hydrogens (tertiary/aromatic N) is 2. The summed E-state index contributed by atoms with van der Waals surface area (Å²) in [6, 6.07) is 7.88. The minimum Gasteiger partial charge on any atom is -0.384 e. The molecule has 0 aliphatic rings. The summed E-state index contributed by atoms with van der Waals surface area (Å²) < 4.78 is 0. The van der Waals surface area contributed by atoms with Gasteiger partial charge in [0.25, 0.3) is 0 Å². The van der Waals surface area contributed by atoms with E-state index in [1.165, 1.54) is 19.4 Å². The molecule has 25 heavy (non-hydrogen) atoms.